The zero-order chi connectivity index (χ0) is 12.4. The van der Waals surface area contributed by atoms with Crippen molar-refractivity contribution in [1.29, 1.82) is 0 Å². The summed E-state index contributed by atoms with van der Waals surface area (Å²) >= 11 is 0. The fourth-order valence-electron chi connectivity index (χ4n) is 2.02. The Labute approximate surface area is 96.3 Å². The fraction of sp³-hybridized carbons (Fsp3) is 0.833. The monoisotopic (exact) mass is 228 g/mol. The molecule has 0 bridgehead atoms. The molecule has 0 radical (unpaired) electrons. The predicted octanol–water partition coefficient (Wildman–Crippen LogP) is 1.71. The summed E-state index contributed by atoms with van der Waals surface area (Å²) in [6.07, 6.45) is 1.54. The Kier molecular flexibility index (Phi) is 3.73. The first-order chi connectivity index (χ1) is 7.34. The van der Waals surface area contributed by atoms with Crippen LogP contribution in [0.25, 0.3) is 0 Å². The molecule has 92 valence electrons. The summed E-state index contributed by atoms with van der Waals surface area (Å²) < 4.78 is 10.4. The fourth-order valence-corrected chi connectivity index (χ4v) is 2.02. The van der Waals surface area contributed by atoms with Gasteiger partial charge >= 0.3 is 5.97 Å². The molecule has 1 fully saturated rings. The van der Waals surface area contributed by atoms with Crippen molar-refractivity contribution in [2.45, 2.75) is 46.1 Å². The minimum atomic E-state index is -1.13. The molecule has 0 aliphatic carbocycles. The lowest BCUT2D eigenvalue weighted by atomic mass is 9.78. The second-order valence-electron chi connectivity index (χ2n) is 4.86. The second kappa shape index (κ2) is 4.53. The Morgan fingerprint density at radius 2 is 2.06 bits per heavy atom. The van der Waals surface area contributed by atoms with E-state index in [1.54, 1.807) is 27.7 Å². The Balaban J connectivity index is 2.82. The molecular formula is C12H20O4. The van der Waals surface area contributed by atoms with Crippen LogP contribution < -0.4 is 0 Å². The van der Waals surface area contributed by atoms with E-state index in [0.29, 0.717) is 13.0 Å². The largest absolute Gasteiger partial charge is 0.465 e. The lowest BCUT2D eigenvalue weighted by Gasteiger charge is -2.30. The summed E-state index contributed by atoms with van der Waals surface area (Å²) in [6, 6.07) is 0. The average Bonchev–Trinajstić information content (AvgIpc) is 2.65. The van der Waals surface area contributed by atoms with Crippen molar-refractivity contribution in [3.05, 3.63) is 0 Å². The molecule has 1 aliphatic heterocycles. The van der Waals surface area contributed by atoms with Gasteiger partial charge < -0.3 is 9.47 Å². The predicted molar refractivity (Wildman–Crippen MR) is 59.0 cm³/mol. The van der Waals surface area contributed by atoms with Gasteiger partial charge in [0.25, 0.3) is 0 Å². The van der Waals surface area contributed by atoms with E-state index in [1.807, 2.05) is 0 Å². The molecule has 1 rings (SSSR count). The molecule has 16 heavy (non-hydrogen) atoms. The molecule has 4 heteroatoms. The molecule has 0 spiro atoms. The molecule has 1 aliphatic rings. The maximum Gasteiger partial charge on any atom is 0.319 e. The summed E-state index contributed by atoms with van der Waals surface area (Å²) in [5.41, 5.74) is -1.95. The topological polar surface area (TPSA) is 52.6 Å². The highest BCUT2D eigenvalue weighted by Gasteiger charge is 2.49. The van der Waals surface area contributed by atoms with Gasteiger partial charge in [-0.3, -0.25) is 9.59 Å². The van der Waals surface area contributed by atoms with E-state index in [-0.39, 0.29) is 12.4 Å². The molecule has 1 unspecified atom stereocenters. The molecule has 1 heterocycles. The number of hydrogen-bond acceptors (Lipinski definition) is 4. The molecule has 1 atom stereocenters. The van der Waals surface area contributed by atoms with Crippen LogP contribution in [0.1, 0.15) is 40.5 Å². The number of ketones is 1. The Hall–Kier alpha value is -0.900. The Morgan fingerprint density at radius 1 is 1.44 bits per heavy atom. The van der Waals surface area contributed by atoms with Gasteiger partial charge in [0.15, 0.2) is 5.78 Å². The molecule has 0 amide bonds. The third kappa shape index (κ3) is 2.26. The molecule has 0 saturated carbocycles. The van der Waals surface area contributed by atoms with E-state index in [1.165, 1.54) is 0 Å². The summed E-state index contributed by atoms with van der Waals surface area (Å²) in [5.74, 6) is -0.660. The smallest absolute Gasteiger partial charge is 0.319 e. The average molecular weight is 228 g/mol. The van der Waals surface area contributed by atoms with Crippen molar-refractivity contribution in [2.24, 2.45) is 5.41 Å². The lowest BCUT2D eigenvalue weighted by Crippen LogP contribution is -2.48. The number of rotatable bonds is 4. The highest BCUT2D eigenvalue weighted by molar-refractivity contribution is 6.07. The first kappa shape index (κ1) is 13.2. The van der Waals surface area contributed by atoms with Crippen LogP contribution in [-0.4, -0.2) is 30.6 Å². The van der Waals surface area contributed by atoms with Crippen molar-refractivity contribution in [3.8, 4) is 0 Å². The van der Waals surface area contributed by atoms with Crippen molar-refractivity contribution < 1.29 is 19.1 Å². The van der Waals surface area contributed by atoms with Crippen molar-refractivity contribution in [2.75, 3.05) is 13.2 Å². The van der Waals surface area contributed by atoms with Crippen LogP contribution in [0.5, 0.6) is 0 Å². The molecule has 1 saturated heterocycles. The van der Waals surface area contributed by atoms with Crippen LogP contribution in [0.2, 0.25) is 0 Å². The molecule has 0 aromatic rings. The van der Waals surface area contributed by atoms with Gasteiger partial charge in [-0.25, -0.2) is 0 Å². The highest BCUT2D eigenvalue weighted by atomic mass is 16.5. The molecule has 0 aromatic heterocycles. The minimum absolute atomic E-state index is 0.184. The first-order valence-corrected chi connectivity index (χ1v) is 5.70. The molecule has 4 nitrogen and oxygen atoms in total. The minimum Gasteiger partial charge on any atom is -0.465 e. The van der Waals surface area contributed by atoms with Crippen molar-refractivity contribution in [1.82, 2.24) is 0 Å². The third-order valence-electron chi connectivity index (χ3n) is 3.05. The normalized spacial score (nSPS) is 25.5. The van der Waals surface area contributed by atoms with E-state index in [4.69, 9.17) is 9.47 Å². The van der Waals surface area contributed by atoms with E-state index in [0.717, 1.165) is 6.42 Å². The molecule has 0 aromatic carbocycles. The Morgan fingerprint density at radius 3 is 2.50 bits per heavy atom. The van der Waals surface area contributed by atoms with Gasteiger partial charge in [-0.2, -0.15) is 0 Å². The van der Waals surface area contributed by atoms with Crippen molar-refractivity contribution in [3.63, 3.8) is 0 Å². The van der Waals surface area contributed by atoms with Crippen LogP contribution in [0.4, 0.5) is 0 Å². The van der Waals surface area contributed by atoms with Crippen LogP contribution in [-0.2, 0) is 19.1 Å². The summed E-state index contributed by atoms with van der Waals surface area (Å²) in [7, 11) is 0. The van der Waals surface area contributed by atoms with Crippen LogP contribution in [0, 0.1) is 5.41 Å². The van der Waals surface area contributed by atoms with Crippen LogP contribution >= 0.6 is 0 Å². The van der Waals surface area contributed by atoms with E-state index in [2.05, 4.69) is 0 Å². The lowest BCUT2D eigenvalue weighted by molar-refractivity contribution is -0.165. The number of esters is 1. The number of carbonyl (C=O) groups is 2. The van der Waals surface area contributed by atoms with Gasteiger partial charge in [0.05, 0.1) is 6.61 Å². The van der Waals surface area contributed by atoms with Gasteiger partial charge in [0.2, 0.25) is 0 Å². The standard InChI is InChI=1S/C12H20O4/c1-5-15-10(14)11(2,3)9(13)12(4)7-6-8-16-12/h5-8H2,1-4H3. The zero-order valence-corrected chi connectivity index (χ0v) is 10.5. The first-order valence-electron chi connectivity index (χ1n) is 5.70. The van der Waals surface area contributed by atoms with Crippen LogP contribution in [0.15, 0.2) is 0 Å². The van der Waals surface area contributed by atoms with Crippen LogP contribution in [0.3, 0.4) is 0 Å². The maximum absolute atomic E-state index is 12.3. The Bertz CT molecular complexity index is 287. The second-order valence-corrected chi connectivity index (χ2v) is 4.86. The molecular weight excluding hydrogens is 208 g/mol. The van der Waals surface area contributed by atoms with Gasteiger partial charge in [0, 0.05) is 6.61 Å². The van der Waals surface area contributed by atoms with Gasteiger partial charge in [-0.15, -0.1) is 0 Å². The summed E-state index contributed by atoms with van der Waals surface area (Å²) in [6.45, 7) is 7.55. The van der Waals surface area contributed by atoms with Gasteiger partial charge in [0.1, 0.15) is 11.0 Å². The molecule has 0 N–H and O–H groups in total. The zero-order valence-electron chi connectivity index (χ0n) is 10.5. The third-order valence-corrected chi connectivity index (χ3v) is 3.05. The number of Topliss-reactive ketones (excluding diaryl/α,β-unsaturated/α-hetero) is 1. The highest BCUT2D eigenvalue weighted by Crippen LogP contribution is 2.34. The van der Waals surface area contributed by atoms with Gasteiger partial charge in [-0.05, 0) is 40.5 Å². The number of carbonyl (C=O) groups excluding carboxylic acids is 2. The summed E-state index contributed by atoms with van der Waals surface area (Å²) in [5, 5.41) is 0. The summed E-state index contributed by atoms with van der Waals surface area (Å²) in [4.78, 5) is 24.0. The van der Waals surface area contributed by atoms with E-state index >= 15 is 0 Å². The SMILES string of the molecule is CCOC(=O)C(C)(C)C(=O)C1(C)CCCO1. The van der Waals surface area contributed by atoms with E-state index < -0.39 is 17.0 Å². The van der Waals surface area contributed by atoms with E-state index in [9.17, 15) is 9.59 Å². The number of ether oxygens (including phenoxy) is 2. The quantitative estimate of drug-likeness (QED) is 0.543. The number of hydrogen-bond donors (Lipinski definition) is 0. The van der Waals surface area contributed by atoms with Crippen molar-refractivity contribution >= 4 is 11.8 Å². The van der Waals surface area contributed by atoms with Gasteiger partial charge in [-0.1, -0.05) is 0 Å². The maximum atomic E-state index is 12.3.